The standard InChI is InChI=1S/C24H17N5O5S/c1-34-17-8-5-15(6-9-17)24(30)23-18-12-16(7-10-20(18)26-14-27-23)19-13-29(35(31,32)33)28-22(19)21-4-2-3-11-25-21/h2-14H,1H3,(H,31,32,33). The molecule has 5 rings (SSSR count). The van der Waals surface area contributed by atoms with E-state index in [1.807, 2.05) is 0 Å². The first-order valence-corrected chi connectivity index (χ1v) is 11.7. The van der Waals surface area contributed by atoms with Gasteiger partial charge in [-0.25, -0.2) is 9.97 Å². The van der Waals surface area contributed by atoms with E-state index < -0.39 is 10.3 Å². The zero-order valence-electron chi connectivity index (χ0n) is 18.2. The number of ether oxygens (including phenoxy) is 1. The van der Waals surface area contributed by atoms with Crippen molar-refractivity contribution in [2.45, 2.75) is 0 Å². The van der Waals surface area contributed by atoms with Crippen LogP contribution in [0.15, 0.2) is 79.4 Å². The fourth-order valence-corrected chi connectivity index (χ4v) is 4.08. The van der Waals surface area contributed by atoms with E-state index in [1.165, 1.54) is 12.5 Å². The highest BCUT2D eigenvalue weighted by Gasteiger charge is 2.21. The topological polar surface area (TPSA) is 137 Å². The molecule has 10 nitrogen and oxygen atoms in total. The molecule has 0 spiro atoms. The number of aromatic nitrogens is 5. The molecule has 0 aliphatic heterocycles. The van der Waals surface area contributed by atoms with Gasteiger partial charge in [0, 0.05) is 22.7 Å². The first-order chi connectivity index (χ1) is 16.8. The summed E-state index contributed by atoms with van der Waals surface area (Å²) in [5.74, 6) is 0.310. The van der Waals surface area contributed by atoms with Gasteiger partial charge in [0.1, 0.15) is 23.5 Å². The Balaban J connectivity index is 1.68. The number of fused-ring (bicyclic) bond motifs is 1. The van der Waals surface area contributed by atoms with Crippen LogP contribution in [0.25, 0.3) is 33.4 Å². The van der Waals surface area contributed by atoms with Crippen molar-refractivity contribution in [2.24, 2.45) is 0 Å². The zero-order chi connectivity index (χ0) is 24.6. The van der Waals surface area contributed by atoms with E-state index in [1.54, 1.807) is 74.0 Å². The summed E-state index contributed by atoms with van der Waals surface area (Å²) in [4.78, 5) is 26.0. The second-order valence-corrected chi connectivity index (χ2v) is 8.74. The lowest BCUT2D eigenvalue weighted by Crippen LogP contribution is -2.11. The van der Waals surface area contributed by atoms with Crippen molar-refractivity contribution in [3.05, 3.63) is 90.6 Å². The molecule has 0 fully saturated rings. The van der Waals surface area contributed by atoms with E-state index in [9.17, 15) is 17.8 Å². The smallest absolute Gasteiger partial charge is 0.379 e. The molecule has 5 aromatic rings. The molecule has 0 amide bonds. The summed E-state index contributed by atoms with van der Waals surface area (Å²) in [7, 11) is -3.10. The number of nitrogens with zero attached hydrogens (tertiary/aromatic N) is 5. The van der Waals surface area contributed by atoms with Gasteiger partial charge in [0.25, 0.3) is 0 Å². The van der Waals surface area contributed by atoms with Crippen LogP contribution < -0.4 is 4.74 Å². The van der Waals surface area contributed by atoms with Crippen molar-refractivity contribution >= 4 is 27.0 Å². The average molecular weight is 487 g/mol. The van der Waals surface area contributed by atoms with Gasteiger partial charge in [-0.1, -0.05) is 12.1 Å². The molecule has 0 aliphatic rings. The first-order valence-electron chi connectivity index (χ1n) is 10.3. The third-order valence-electron chi connectivity index (χ3n) is 5.35. The van der Waals surface area contributed by atoms with E-state index in [0.717, 1.165) is 0 Å². The number of carbonyl (C=O) groups is 1. The van der Waals surface area contributed by atoms with Crippen molar-refractivity contribution in [1.82, 2.24) is 24.1 Å². The molecule has 3 heterocycles. The number of ketones is 1. The molecule has 174 valence electrons. The van der Waals surface area contributed by atoms with Gasteiger partial charge in [-0.05, 0) is 54.1 Å². The van der Waals surface area contributed by atoms with Crippen molar-refractivity contribution in [1.29, 1.82) is 0 Å². The molecule has 0 bridgehead atoms. The number of carbonyl (C=O) groups excluding carboxylic acids is 1. The van der Waals surface area contributed by atoms with Gasteiger partial charge in [0.15, 0.2) is 0 Å². The van der Waals surface area contributed by atoms with Crippen LogP contribution >= 0.6 is 0 Å². The van der Waals surface area contributed by atoms with E-state index in [4.69, 9.17) is 4.74 Å². The Morgan fingerprint density at radius 3 is 2.49 bits per heavy atom. The number of pyridine rings is 1. The minimum absolute atomic E-state index is 0.184. The van der Waals surface area contributed by atoms with Crippen molar-refractivity contribution in [3.8, 4) is 28.3 Å². The minimum Gasteiger partial charge on any atom is -0.497 e. The van der Waals surface area contributed by atoms with Gasteiger partial charge in [-0.15, -0.1) is 4.09 Å². The predicted octanol–water partition coefficient (Wildman–Crippen LogP) is 3.45. The summed E-state index contributed by atoms with van der Waals surface area (Å²) in [6.45, 7) is 0. The first kappa shape index (κ1) is 22.3. The lowest BCUT2D eigenvalue weighted by Gasteiger charge is -2.08. The monoisotopic (exact) mass is 487 g/mol. The molecule has 0 saturated carbocycles. The summed E-state index contributed by atoms with van der Waals surface area (Å²) >= 11 is 0. The summed E-state index contributed by atoms with van der Waals surface area (Å²) in [6.07, 6.45) is 4.05. The van der Waals surface area contributed by atoms with Gasteiger partial charge < -0.3 is 4.74 Å². The van der Waals surface area contributed by atoms with Crippen LogP contribution in [-0.4, -0.2) is 50.0 Å². The summed E-state index contributed by atoms with van der Waals surface area (Å²) in [6, 6.07) is 16.9. The summed E-state index contributed by atoms with van der Waals surface area (Å²) < 4.78 is 38.7. The maximum atomic E-state index is 13.3. The second kappa shape index (κ2) is 8.70. The number of hydrogen-bond donors (Lipinski definition) is 1. The van der Waals surface area contributed by atoms with E-state index >= 15 is 0 Å². The van der Waals surface area contributed by atoms with E-state index in [2.05, 4.69) is 20.1 Å². The Morgan fingerprint density at radius 2 is 1.80 bits per heavy atom. The average Bonchev–Trinajstić information content (AvgIpc) is 3.35. The normalized spacial score (nSPS) is 11.5. The van der Waals surface area contributed by atoms with Gasteiger partial charge in [0.05, 0.1) is 24.5 Å². The molecule has 2 aromatic carbocycles. The molecule has 0 radical (unpaired) electrons. The Labute approximate surface area is 199 Å². The molecule has 0 unspecified atom stereocenters. The highest BCUT2D eigenvalue weighted by Crippen LogP contribution is 2.33. The molecular weight excluding hydrogens is 470 g/mol. The Kier molecular flexibility index (Phi) is 5.55. The highest BCUT2D eigenvalue weighted by molar-refractivity contribution is 7.84. The van der Waals surface area contributed by atoms with Crippen molar-refractivity contribution in [3.63, 3.8) is 0 Å². The molecule has 0 aliphatic carbocycles. The van der Waals surface area contributed by atoms with E-state index in [-0.39, 0.29) is 17.2 Å². The lowest BCUT2D eigenvalue weighted by atomic mass is 9.99. The molecule has 0 atom stereocenters. The van der Waals surface area contributed by atoms with Crippen LogP contribution in [0.4, 0.5) is 0 Å². The quantitative estimate of drug-likeness (QED) is 0.282. The Hall–Kier alpha value is -4.48. The lowest BCUT2D eigenvalue weighted by molar-refractivity contribution is 0.103. The minimum atomic E-state index is -4.64. The maximum Gasteiger partial charge on any atom is 0.379 e. The SMILES string of the molecule is COc1ccc(C(=O)c2ncnc3ccc(-c4cn(S(=O)(=O)O)nc4-c4ccccn4)cc23)cc1. The van der Waals surface area contributed by atoms with Crippen LogP contribution in [0.5, 0.6) is 5.75 Å². The fraction of sp³-hybridized carbons (Fsp3) is 0.0417. The van der Waals surface area contributed by atoms with Crippen LogP contribution in [-0.2, 0) is 10.3 Å². The van der Waals surface area contributed by atoms with E-state index in [0.29, 0.717) is 43.1 Å². The summed E-state index contributed by atoms with van der Waals surface area (Å²) in [5, 5.41) is 4.51. The number of rotatable bonds is 6. The Morgan fingerprint density at radius 1 is 1.00 bits per heavy atom. The van der Waals surface area contributed by atoms with Crippen molar-refractivity contribution in [2.75, 3.05) is 7.11 Å². The van der Waals surface area contributed by atoms with Gasteiger partial charge in [-0.2, -0.15) is 13.5 Å². The molecule has 35 heavy (non-hydrogen) atoms. The zero-order valence-corrected chi connectivity index (χ0v) is 19.0. The van der Waals surface area contributed by atoms with Gasteiger partial charge >= 0.3 is 10.3 Å². The predicted molar refractivity (Wildman–Crippen MR) is 127 cm³/mol. The number of benzene rings is 2. The largest absolute Gasteiger partial charge is 0.497 e. The molecule has 3 aromatic heterocycles. The van der Waals surface area contributed by atoms with Gasteiger partial charge in [0.2, 0.25) is 5.78 Å². The number of hydrogen-bond acceptors (Lipinski definition) is 8. The Bertz CT molecular complexity index is 1670. The van der Waals surface area contributed by atoms with Crippen LogP contribution in [0.2, 0.25) is 0 Å². The molecule has 11 heteroatoms. The molecule has 0 saturated heterocycles. The molecule has 1 N–H and O–H groups in total. The fourth-order valence-electron chi connectivity index (χ4n) is 3.66. The third kappa shape index (κ3) is 4.25. The molecular formula is C24H17N5O5S. The second-order valence-electron chi connectivity index (χ2n) is 7.47. The van der Waals surface area contributed by atoms with Crippen LogP contribution in [0, 0.1) is 0 Å². The maximum absolute atomic E-state index is 13.3. The van der Waals surface area contributed by atoms with Gasteiger partial charge in [-0.3, -0.25) is 14.3 Å². The van der Waals surface area contributed by atoms with Crippen LogP contribution in [0.3, 0.4) is 0 Å². The summed E-state index contributed by atoms with van der Waals surface area (Å²) in [5.41, 5.74) is 2.70. The van der Waals surface area contributed by atoms with Crippen LogP contribution in [0.1, 0.15) is 16.1 Å². The van der Waals surface area contributed by atoms with Crippen molar-refractivity contribution < 1.29 is 22.5 Å². The highest BCUT2D eigenvalue weighted by atomic mass is 32.2. The number of methoxy groups -OCH3 is 1. The third-order valence-corrected chi connectivity index (χ3v) is 6.01.